The second-order valence-electron chi connectivity index (χ2n) is 6.16. The Hall–Kier alpha value is -2.24. The fourth-order valence-electron chi connectivity index (χ4n) is 3.13. The first-order chi connectivity index (χ1) is 12.5. The van der Waals surface area contributed by atoms with Crippen molar-refractivity contribution in [2.75, 3.05) is 13.1 Å². The van der Waals surface area contributed by atoms with Gasteiger partial charge in [-0.15, -0.1) is 0 Å². The third kappa shape index (κ3) is 4.11. The van der Waals surface area contributed by atoms with E-state index in [1.165, 1.54) is 4.90 Å². The molecule has 0 aromatic heterocycles. The fraction of sp³-hybridized carbons (Fsp3) is 0.263. The van der Waals surface area contributed by atoms with Gasteiger partial charge in [-0.3, -0.25) is 4.79 Å². The van der Waals surface area contributed by atoms with E-state index in [0.717, 1.165) is 5.56 Å². The van der Waals surface area contributed by atoms with E-state index in [1.807, 2.05) is 30.3 Å². The molecule has 2 aromatic rings. The molecule has 0 radical (unpaired) electrons. The molecular formula is C19H17Cl2NO4. The van der Waals surface area contributed by atoms with Crippen molar-refractivity contribution >= 4 is 35.3 Å². The molecule has 7 heteroatoms. The third-order valence-corrected chi connectivity index (χ3v) is 5.02. The molecule has 1 saturated heterocycles. The van der Waals surface area contributed by atoms with Gasteiger partial charge in [0.1, 0.15) is 6.61 Å². The maximum Gasteiger partial charge on any atom is 0.410 e. The number of halogens is 2. The Balaban J connectivity index is 1.72. The van der Waals surface area contributed by atoms with Crippen molar-refractivity contribution in [3.8, 4) is 0 Å². The Bertz CT molecular complexity index is 812. The highest BCUT2D eigenvalue weighted by Gasteiger charge is 2.41. The Morgan fingerprint density at radius 3 is 2.50 bits per heavy atom. The van der Waals surface area contributed by atoms with E-state index in [1.54, 1.807) is 18.2 Å². The zero-order valence-corrected chi connectivity index (χ0v) is 15.3. The maximum absolute atomic E-state index is 12.4. The average molecular weight is 394 g/mol. The van der Waals surface area contributed by atoms with E-state index >= 15 is 0 Å². The minimum atomic E-state index is -0.973. The summed E-state index contributed by atoms with van der Waals surface area (Å²) in [6.45, 7) is 0.443. The molecule has 1 fully saturated rings. The monoisotopic (exact) mass is 393 g/mol. The van der Waals surface area contributed by atoms with Crippen molar-refractivity contribution in [3.05, 3.63) is 69.7 Å². The van der Waals surface area contributed by atoms with E-state index in [0.29, 0.717) is 15.6 Å². The number of hydrogen-bond acceptors (Lipinski definition) is 3. The summed E-state index contributed by atoms with van der Waals surface area (Å²) in [6.07, 6.45) is -0.535. The van der Waals surface area contributed by atoms with Crippen molar-refractivity contribution in [2.24, 2.45) is 5.92 Å². The standard InChI is InChI=1S/C19H17Cl2NO4/c20-13-6-7-14(17(21)8-13)15-9-22(10-16(15)18(23)24)19(25)26-11-12-4-2-1-3-5-12/h1-8,15-16H,9-11H2,(H,23,24)/t15-,16+/m0/s1. The van der Waals surface area contributed by atoms with Gasteiger partial charge in [0.2, 0.25) is 0 Å². The van der Waals surface area contributed by atoms with E-state index in [2.05, 4.69) is 0 Å². The summed E-state index contributed by atoms with van der Waals surface area (Å²) >= 11 is 12.2. The minimum Gasteiger partial charge on any atom is -0.481 e. The van der Waals surface area contributed by atoms with Crippen LogP contribution in [0.1, 0.15) is 17.0 Å². The SMILES string of the molecule is O=C(O)[C@@H]1CN(C(=O)OCc2ccccc2)C[C@H]1c1ccc(Cl)cc1Cl. The third-order valence-electron chi connectivity index (χ3n) is 4.46. The number of benzene rings is 2. The minimum absolute atomic E-state index is 0.0760. The first kappa shape index (κ1) is 18.5. The Labute approximate surface area is 161 Å². The smallest absolute Gasteiger partial charge is 0.410 e. The lowest BCUT2D eigenvalue weighted by Gasteiger charge is -2.17. The number of carboxylic acids is 1. The second-order valence-corrected chi connectivity index (χ2v) is 7.01. The van der Waals surface area contributed by atoms with E-state index in [-0.39, 0.29) is 19.7 Å². The summed E-state index contributed by atoms with van der Waals surface area (Å²) in [5.74, 6) is -2.14. The molecule has 1 aliphatic heterocycles. The van der Waals surface area contributed by atoms with Crippen LogP contribution in [0, 0.1) is 5.92 Å². The van der Waals surface area contributed by atoms with Crippen LogP contribution in [0.3, 0.4) is 0 Å². The lowest BCUT2D eigenvalue weighted by molar-refractivity contribution is -0.141. The summed E-state index contributed by atoms with van der Waals surface area (Å²) in [6, 6.07) is 14.3. The molecule has 0 saturated carbocycles. The maximum atomic E-state index is 12.4. The molecule has 5 nitrogen and oxygen atoms in total. The average Bonchev–Trinajstić information content (AvgIpc) is 3.06. The van der Waals surface area contributed by atoms with Crippen molar-refractivity contribution in [1.82, 2.24) is 4.90 Å². The van der Waals surface area contributed by atoms with Crippen LogP contribution in [0.25, 0.3) is 0 Å². The highest BCUT2D eigenvalue weighted by Crippen LogP contribution is 2.37. The number of likely N-dealkylation sites (tertiary alicyclic amines) is 1. The van der Waals surface area contributed by atoms with Crippen molar-refractivity contribution < 1.29 is 19.4 Å². The predicted octanol–water partition coefficient (Wildman–Crippen LogP) is 4.43. The van der Waals surface area contributed by atoms with Crippen LogP contribution in [-0.4, -0.2) is 35.2 Å². The molecule has 0 spiro atoms. The van der Waals surface area contributed by atoms with Crippen LogP contribution in [0.15, 0.2) is 48.5 Å². The summed E-state index contributed by atoms with van der Waals surface area (Å²) in [7, 11) is 0. The fourth-order valence-corrected chi connectivity index (χ4v) is 3.68. The van der Waals surface area contributed by atoms with Crippen molar-refractivity contribution in [3.63, 3.8) is 0 Å². The van der Waals surface area contributed by atoms with Crippen LogP contribution in [0.2, 0.25) is 10.0 Å². The van der Waals surface area contributed by atoms with Crippen molar-refractivity contribution in [2.45, 2.75) is 12.5 Å². The normalized spacial score (nSPS) is 19.4. The largest absolute Gasteiger partial charge is 0.481 e. The van der Waals surface area contributed by atoms with Crippen LogP contribution >= 0.6 is 23.2 Å². The summed E-state index contributed by atoms with van der Waals surface area (Å²) in [5.41, 5.74) is 1.54. The first-order valence-electron chi connectivity index (χ1n) is 8.09. The molecule has 136 valence electrons. The molecule has 1 aliphatic rings. The number of carboxylic acid groups (broad SMARTS) is 1. The van der Waals surface area contributed by atoms with E-state index in [9.17, 15) is 14.7 Å². The molecule has 1 N–H and O–H groups in total. The van der Waals surface area contributed by atoms with Gasteiger partial charge in [0, 0.05) is 29.1 Å². The summed E-state index contributed by atoms with van der Waals surface area (Å²) in [5, 5.41) is 10.4. The molecule has 3 rings (SSSR count). The Morgan fingerprint density at radius 2 is 1.85 bits per heavy atom. The van der Waals surface area contributed by atoms with Gasteiger partial charge >= 0.3 is 12.1 Å². The van der Waals surface area contributed by atoms with Gasteiger partial charge in [0.05, 0.1) is 5.92 Å². The molecule has 0 unspecified atom stereocenters. The van der Waals surface area contributed by atoms with Gasteiger partial charge in [0.25, 0.3) is 0 Å². The number of ether oxygens (including phenoxy) is 1. The highest BCUT2D eigenvalue weighted by molar-refractivity contribution is 6.35. The van der Waals surface area contributed by atoms with Crippen LogP contribution in [-0.2, 0) is 16.1 Å². The number of carbonyl (C=O) groups excluding carboxylic acids is 1. The van der Waals surface area contributed by atoms with Gasteiger partial charge in [-0.25, -0.2) is 4.79 Å². The molecule has 2 atom stereocenters. The quantitative estimate of drug-likeness (QED) is 0.833. The van der Waals surface area contributed by atoms with Gasteiger partial charge < -0.3 is 14.7 Å². The highest BCUT2D eigenvalue weighted by atomic mass is 35.5. The van der Waals surface area contributed by atoms with Crippen molar-refractivity contribution in [1.29, 1.82) is 0 Å². The van der Waals surface area contributed by atoms with E-state index < -0.39 is 23.9 Å². The van der Waals surface area contributed by atoms with Crippen LogP contribution in [0.4, 0.5) is 4.79 Å². The number of carbonyl (C=O) groups is 2. The number of nitrogens with zero attached hydrogens (tertiary/aromatic N) is 1. The van der Waals surface area contributed by atoms with E-state index in [4.69, 9.17) is 27.9 Å². The summed E-state index contributed by atoms with van der Waals surface area (Å²) < 4.78 is 5.31. The first-order valence-corrected chi connectivity index (χ1v) is 8.84. The van der Waals surface area contributed by atoms with Gasteiger partial charge in [0.15, 0.2) is 0 Å². The number of hydrogen-bond donors (Lipinski definition) is 1. The zero-order chi connectivity index (χ0) is 18.7. The topological polar surface area (TPSA) is 66.8 Å². The van der Waals surface area contributed by atoms with Crippen LogP contribution < -0.4 is 0 Å². The molecule has 1 amide bonds. The second kappa shape index (κ2) is 7.98. The molecule has 0 aliphatic carbocycles. The van der Waals surface area contributed by atoms with Gasteiger partial charge in [-0.05, 0) is 23.3 Å². The predicted molar refractivity (Wildman–Crippen MR) is 98.5 cm³/mol. The zero-order valence-electron chi connectivity index (χ0n) is 13.8. The number of rotatable bonds is 4. The molecule has 1 heterocycles. The van der Waals surface area contributed by atoms with Gasteiger partial charge in [-0.1, -0.05) is 59.6 Å². The number of aliphatic carboxylic acids is 1. The molecular weight excluding hydrogens is 377 g/mol. The Kier molecular flexibility index (Phi) is 5.69. The molecule has 2 aromatic carbocycles. The molecule has 26 heavy (non-hydrogen) atoms. The molecule has 0 bridgehead atoms. The summed E-state index contributed by atoms with van der Waals surface area (Å²) in [4.78, 5) is 25.4. The number of amides is 1. The lowest BCUT2D eigenvalue weighted by atomic mass is 9.89. The Morgan fingerprint density at radius 1 is 1.12 bits per heavy atom. The van der Waals surface area contributed by atoms with Crippen LogP contribution in [0.5, 0.6) is 0 Å². The van der Waals surface area contributed by atoms with Gasteiger partial charge in [-0.2, -0.15) is 0 Å². The lowest BCUT2D eigenvalue weighted by Crippen LogP contribution is -2.30.